The number of aliphatic hydroxyl groups is 1. The maximum absolute atomic E-state index is 9.99. The van der Waals surface area contributed by atoms with Crippen LogP contribution in [-0.2, 0) is 0 Å². The molecule has 0 heterocycles. The van der Waals surface area contributed by atoms with E-state index in [1.807, 2.05) is 97.1 Å². The first-order valence-electron chi connectivity index (χ1n) is 10.9. The van der Waals surface area contributed by atoms with Crippen molar-refractivity contribution in [1.82, 2.24) is 0 Å². The molecule has 0 amide bonds. The highest BCUT2D eigenvalue weighted by molar-refractivity contribution is 8.03. The third kappa shape index (κ3) is 11.2. The van der Waals surface area contributed by atoms with Crippen molar-refractivity contribution < 1.29 is 5.11 Å². The van der Waals surface area contributed by atoms with E-state index in [0.29, 0.717) is 5.03 Å². The van der Waals surface area contributed by atoms with Gasteiger partial charge in [-0.05, 0) is 34.5 Å². The zero-order chi connectivity index (χ0) is 25.5. The molecule has 6 heteroatoms. The van der Waals surface area contributed by atoms with E-state index < -0.39 is 6.10 Å². The lowest BCUT2D eigenvalue weighted by molar-refractivity contribution is 0.220. The van der Waals surface area contributed by atoms with Gasteiger partial charge in [0.2, 0.25) is 0 Å². The molecular weight excluding hydrogens is 482 g/mol. The number of nitrogens with two attached hydrogens (primary N) is 3. The molecule has 0 fully saturated rings. The number of benzene rings is 4. The lowest BCUT2D eigenvalue weighted by Crippen LogP contribution is -2.18. The molecule has 0 saturated heterocycles. The molecule has 0 saturated carbocycles. The van der Waals surface area contributed by atoms with E-state index in [-0.39, 0.29) is 17.8 Å². The zero-order valence-electron chi connectivity index (χ0n) is 19.4. The van der Waals surface area contributed by atoms with Gasteiger partial charge in [0.25, 0.3) is 0 Å². The quantitative estimate of drug-likeness (QED) is 0.217. The molecule has 0 aromatic heterocycles. The van der Waals surface area contributed by atoms with Gasteiger partial charge in [0, 0.05) is 0 Å². The third-order valence-corrected chi connectivity index (χ3v) is 5.79. The predicted molar refractivity (Wildman–Crippen MR) is 160 cm³/mol. The van der Waals surface area contributed by atoms with E-state index in [2.05, 4.69) is 54.5 Å². The topological polar surface area (TPSA) is 98.3 Å². The SMILES string of the molecule is C.C=C(N)SC(c1ccccc1)c1ccccc1.NC(N)=S.OC(c1ccccc1)c1ccccc1. The standard InChI is InChI=1S/C15H15NS.C13H12O.CH4N2S.CH4/c1-12(16)17-15(13-8-4-2-5-9-13)14-10-6-3-7-11-14;14-13(11-7-3-1-4-8-11)12-9-5-2-6-10-12;2-1(3)4;/h2-11,15H,1,16H2;1-10,13-14H;(H4,2,3,4);1H4. The molecule has 0 aliphatic heterocycles. The predicted octanol–water partition coefficient (Wildman–Crippen LogP) is 6.53. The minimum Gasteiger partial charge on any atom is -0.394 e. The molecule has 0 aliphatic carbocycles. The summed E-state index contributed by atoms with van der Waals surface area (Å²) in [6.07, 6.45) is -0.516. The van der Waals surface area contributed by atoms with E-state index in [9.17, 15) is 5.11 Å². The van der Waals surface area contributed by atoms with Crippen LogP contribution in [0.2, 0.25) is 0 Å². The number of thiocarbonyl (C=S) groups is 1. The van der Waals surface area contributed by atoms with Crippen molar-refractivity contribution >= 4 is 29.1 Å². The van der Waals surface area contributed by atoms with Crippen molar-refractivity contribution in [3.8, 4) is 0 Å². The van der Waals surface area contributed by atoms with Crippen molar-refractivity contribution in [2.75, 3.05) is 0 Å². The number of aliphatic hydroxyl groups excluding tert-OH is 1. The van der Waals surface area contributed by atoms with Crippen LogP contribution >= 0.6 is 24.0 Å². The Hall–Kier alpha value is -3.58. The van der Waals surface area contributed by atoms with Gasteiger partial charge < -0.3 is 22.3 Å². The lowest BCUT2D eigenvalue weighted by Gasteiger charge is -2.17. The molecule has 4 rings (SSSR count). The summed E-state index contributed by atoms with van der Waals surface area (Å²) in [7, 11) is 0. The van der Waals surface area contributed by atoms with Gasteiger partial charge >= 0.3 is 0 Å². The molecular formula is C30H35N3OS2. The van der Waals surface area contributed by atoms with Crippen LogP contribution in [0.5, 0.6) is 0 Å². The van der Waals surface area contributed by atoms with Crippen LogP contribution in [0.4, 0.5) is 0 Å². The Kier molecular flexibility index (Phi) is 14.3. The first kappa shape index (κ1) is 30.5. The number of rotatable bonds is 6. The van der Waals surface area contributed by atoms with Crippen molar-refractivity contribution in [2.24, 2.45) is 17.2 Å². The maximum Gasteiger partial charge on any atom is 0.160 e. The Bertz CT molecular complexity index is 1060. The number of hydrogen-bond donors (Lipinski definition) is 4. The van der Waals surface area contributed by atoms with E-state index in [0.717, 1.165) is 11.1 Å². The molecule has 0 unspecified atom stereocenters. The van der Waals surface area contributed by atoms with Crippen LogP contribution in [0.1, 0.15) is 41.0 Å². The van der Waals surface area contributed by atoms with Crippen LogP contribution in [0.25, 0.3) is 0 Å². The average Bonchev–Trinajstić information content (AvgIpc) is 2.89. The highest BCUT2D eigenvalue weighted by atomic mass is 32.2. The molecule has 0 bridgehead atoms. The number of hydrogen-bond acceptors (Lipinski definition) is 4. The second kappa shape index (κ2) is 16.9. The van der Waals surface area contributed by atoms with Gasteiger partial charge in [-0.3, -0.25) is 0 Å². The largest absolute Gasteiger partial charge is 0.394 e. The molecule has 0 spiro atoms. The van der Waals surface area contributed by atoms with Gasteiger partial charge in [-0.2, -0.15) is 0 Å². The third-order valence-electron chi connectivity index (χ3n) is 4.70. The summed E-state index contributed by atoms with van der Waals surface area (Å²) in [5.41, 5.74) is 19.3. The van der Waals surface area contributed by atoms with Crippen LogP contribution in [-0.4, -0.2) is 10.2 Å². The Labute approximate surface area is 224 Å². The molecule has 4 aromatic carbocycles. The molecule has 0 radical (unpaired) electrons. The van der Waals surface area contributed by atoms with Gasteiger partial charge in [0.05, 0.1) is 10.3 Å². The monoisotopic (exact) mass is 517 g/mol. The normalized spacial score (nSPS) is 9.64. The first-order valence-corrected chi connectivity index (χ1v) is 12.2. The molecule has 4 nitrogen and oxygen atoms in total. The minimum absolute atomic E-state index is 0. The second-order valence-corrected chi connectivity index (χ2v) is 9.11. The van der Waals surface area contributed by atoms with Crippen LogP contribution in [0.3, 0.4) is 0 Å². The van der Waals surface area contributed by atoms with E-state index in [1.54, 1.807) is 11.8 Å². The van der Waals surface area contributed by atoms with E-state index in [4.69, 9.17) is 5.73 Å². The fourth-order valence-electron chi connectivity index (χ4n) is 3.20. The van der Waals surface area contributed by atoms with Crippen LogP contribution in [0.15, 0.2) is 133 Å². The highest BCUT2D eigenvalue weighted by Crippen LogP contribution is 2.37. The van der Waals surface area contributed by atoms with Gasteiger partial charge in [-0.25, -0.2) is 0 Å². The fourth-order valence-corrected chi connectivity index (χ4v) is 4.09. The van der Waals surface area contributed by atoms with Crippen molar-refractivity contribution in [1.29, 1.82) is 0 Å². The molecule has 7 N–H and O–H groups in total. The summed E-state index contributed by atoms with van der Waals surface area (Å²) in [5, 5.41) is 10.9. The molecule has 0 atom stereocenters. The first-order chi connectivity index (χ1) is 16.9. The highest BCUT2D eigenvalue weighted by Gasteiger charge is 2.14. The second-order valence-electron chi connectivity index (χ2n) is 7.41. The van der Waals surface area contributed by atoms with Crippen molar-refractivity contribution in [3.63, 3.8) is 0 Å². The van der Waals surface area contributed by atoms with E-state index >= 15 is 0 Å². The fraction of sp³-hybridized carbons (Fsp3) is 0.100. The average molecular weight is 518 g/mol. The summed E-state index contributed by atoms with van der Waals surface area (Å²) >= 11 is 5.68. The summed E-state index contributed by atoms with van der Waals surface area (Å²) in [4.78, 5) is 0. The molecule has 188 valence electrons. The van der Waals surface area contributed by atoms with Crippen LogP contribution < -0.4 is 17.2 Å². The Morgan fingerprint density at radius 2 is 0.861 bits per heavy atom. The lowest BCUT2D eigenvalue weighted by atomic mass is 10.0. The summed E-state index contributed by atoms with van der Waals surface area (Å²) in [6, 6.07) is 40.0. The molecule has 0 aliphatic rings. The summed E-state index contributed by atoms with van der Waals surface area (Å²) in [6.45, 7) is 3.79. The zero-order valence-corrected chi connectivity index (χ0v) is 21.0. The van der Waals surface area contributed by atoms with Crippen LogP contribution in [0, 0.1) is 0 Å². The Morgan fingerprint density at radius 3 is 1.11 bits per heavy atom. The summed E-state index contributed by atoms with van der Waals surface area (Å²) in [5.74, 6) is 0. The minimum atomic E-state index is -0.516. The molecule has 4 aromatic rings. The van der Waals surface area contributed by atoms with Gasteiger partial charge in [-0.1, -0.05) is 147 Å². The molecule has 36 heavy (non-hydrogen) atoms. The smallest absolute Gasteiger partial charge is 0.160 e. The van der Waals surface area contributed by atoms with Crippen molar-refractivity contribution in [3.05, 3.63) is 155 Å². The summed E-state index contributed by atoms with van der Waals surface area (Å²) < 4.78 is 0. The van der Waals surface area contributed by atoms with Gasteiger partial charge in [0.1, 0.15) is 6.10 Å². The Morgan fingerprint density at radius 1 is 0.611 bits per heavy atom. The van der Waals surface area contributed by atoms with Crippen molar-refractivity contribution in [2.45, 2.75) is 18.8 Å². The number of thioether (sulfide) groups is 1. The van der Waals surface area contributed by atoms with E-state index in [1.165, 1.54) is 11.1 Å². The maximum atomic E-state index is 9.99. The Balaban J connectivity index is 0.000000310. The van der Waals surface area contributed by atoms with Gasteiger partial charge in [0.15, 0.2) is 5.11 Å². The van der Waals surface area contributed by atoms with Gasteiger partial charge in [-0.15, -0.1) is 0 Å².